The number of unbranched alkanes of at least 4 members (excludes halogenated alkanes) is 39. The molecule has 0 saturated heterocycles. The fourth-order valence-corrected chi connectivity index (χ4v) is 8.96. The molecule has 6 nitrogen and oxygen atoms in total. The van der Waals surface area contributed by atoms with Crippen molar-refractivity contribution in [3.8, 4) is 0 Å². The Hall–Kier alpha value is -2.37. The molecule has 1 atom stereocenters. The van der Waals surface area contributed by atoms with Crippen LogP contribution in [-0.4, -0.2) is 37.2 Å². The van der Waals surface area contributed by atoms with Gasteiger partial charge in [0.1, 0.15) is 13.2 Å². The molecule has 69 heavy (non-hydrogen) atoms. The SMILES string of the molecule is CCCCCCCC/C=C\CCCCCCCC(=O)OCC(COC(=O)CCCCCCCCCCC/C=C\CCCCCCCCCC)OC(=O)CCCCCCC/C=C\CCCCCCCC. The first kappa shape index (κ1) is 66.6. The summed E-state index contributed by atoms with van der Waals surface area (Å²) in [5, 5.41) is 0. The molecule has 0 aliphatic rings. The smallest absolute Gasteiger partial charge is 0.306 e. The minimum absolute atomic E-state index is 0.0767. The summed E-state index contributed by atoms with van der Waals surface area (Å²) in [6.07, 6.45) is 70.0. The molecule has 0 saturated carbocycles. The monoisotopic (exact) mass is 969 g/mol. The van der Waals surface area contributed by atoms with Crippen molar-refractivity contribution < 1.29 is 28.6 Å². The Morgan fingerprint density at radius 3 is 0.725 bits per heavy atom. The topological polar surface area (TPSA) is 78.9 Å². The largest absolute Gasteiger partial charge is 0.462 e. The maximum Gasteiger partial charge on any atom is 0.306 e. The second-order valence-electron chi connectivity index (χ2n) is 20.6. The molecule has 0 bridgehead atoms. The van der Waals surface area contributed by atoms with Gasteiger partial charge in [0.15, 0.2) is 6.10 Å². The van der Waals surface area contributed by atoms with Crippen molar-refractivity contribution in [1.82, 2.24) is 0 Å². The van der Waals surface area contributed by atoms with E-state index in [9.17, 15) is 14.4 Å². The Balaban J connectivity index is 4.33. The van der Waals surface area contributed by atoms with E-state index in [4.69, 9.17) is 14.2 Å². The van der Waals surface area contributed by atoms with E-state index in [2.05, 4.69) is 57.2 Å². The van der Waals surface area contributed by atoms with Gasteiger partial charge in [-0.25, -0.2) is 0 Å². The van der Waals surface area contributed by atoms with Crippen molar-refractivity contribution in [2.75, 3.05) is 13.2 Å². The fraction of sp³-hybridized carbons (Fsp3) is 0.857. The standard InChI is InChI=1S/C63H116O6/c1-4-7-10-13-16-19-22-25-28-29-30-31-32-33-36-38-41-44-47-50-53-56-62(65)68-59-60(69-63(66)57-54-51-48-45-42-39-35-27-24-21-18-15-12-9-6-3)58-67-61(64)55-52-49-46-43-40-37-34-26-23-20-17-14-11-8-5-2/h26-27,29-30,34-35,60H,4-25,28,31-33,36-59H2,1-3H3/b30-29-,34-26-,35-27-. The molecule has 0 amide bonds. The Morgan fingerprint density at radius 2 is 0.478 bits per heavy atom. The van der Waals surface area contributed by atoms with Crippen LogP contribution >= 0.6 is 0 Å². The van der Waals surface area contributed by atoms with Gasteiger partial charge in [-0.05, 0) is 96.3 Å². The third-order valence-corrected chi connectivity index (χ3v) is 13.6. The minimum Gasteiger partial charge on any atom is -0.462 e. The number of carbonyl (C=O) groups is 3. The molecule has 0 radical (unpaired) electrons. The van der Waals surface area contributed by atoms with Crippen LogP contribution in [0.2, 0.25) is 0 Å². The number of allylic oxidation sites excluding steroid dienone is 6. The average molecular weight is 970 g/mol. The molecule has 0 aliphatic heterocycles. The lowest BCUT2D eigenvalue weighted by Gasteiger charge is -2.18. The highest BCUT2D eigenvalue weighted by molar-refractivity contribution is 5.71. The van der Waals surface area contributed by atoms with Crippen molar-refractivity contribution in [3.05, 3.63) is 36.5 Å². The fourth-order valence-electron chi connectivity index (χ4n) is 8.96. The lowest BCUT2D eigenvalue weighted by atomic mass is 10.1. The molecule has 0 aromatic carbocycles. The summed E-state index contributed by atoms with van der Waals surface area (Å²) in [6.45, 7) is 6.66. The Labute approximate surface area is 429 Å². The van der Waals surface area contributed by atoms with Crippen molar-refractivity contribution in [2.24, 2.45) is 0 Å². The van der Waals surface area contributed by atoms with E-state index in [0.29, 0.717) is 19.3 Å². The maximum atomic E-state index is 12.9. The first-order valence-corrected chi connectivity index (χ1v) is 30.5. The van der Waals surface area contributed by atoms with E-state index in [0.717, 1.165) is 70.6 Å². The highest BCUT2D eigenvalue weighted by Gasteiger charge is 2.19. The molecule has 0 aliphatic carbocycles. The van der Waals surface area contributed by atoms with E-state index in [1.54, 1.807) is 0 Å². The van der Waals surface area contributed by atoms with Crippen LogP contribution in [-0.2, 0) is 28.6 Å². The van der Waals surface area contributed by atoms with Crippen LogP contribution < -0.4 is 0 Å². The van der Waals surface area contributed by atoms with Crippen molar-refractivity contribution in [3.63, 3.8) is 0 Å². The molecule has 0 aromatic heterocycles. The zero-order chi connectivity index (χ0) is 50.0. The summed E-state index contributed by atoms with van der Waals surface area (Å²) < 4.78 is 16.9. The minimum atomic E-state index is -0.779. The van der Waals surface area contributed by atoms with Gasteiger partial charge in [0.05, 0.1) is 0 Å². The van der Waals surface area contributed by atoms with Gasteiger partial charge < -0.3 is 14.2 Å². The second kappa shape index (κ2) is 58.2. The van der Waals surface area contributed by atoms with Gasteiger partial charge in [-0.1, -0.05) is 250 Å². The van der Waals surface area contributed by atoms with Gasteiger partial charge in [-0.15, -0.1) is 0 Å². The molecule has 1 unspecified atom stereocenters. The summed E-state index contributed by atoms with van der Waals surface area (Å²) in [7, 11) is 0. The van der Waals surface area contributed by atoms with Crippen molar-refractivity contribution in [2.45, 2.75) is 335 Å². The van der Waals surface area contributed by atoms with Gasteiger partial charge in [0, 0.05) is 19.3 Å². The first-order valence-electron chi connectivity index (χ1n) is 30.5. The number of esters is 3. The van der Waals surface area contributed by atoms with Crippen LogP contribution in [0.3, 0.4) is 0 Å². The Bertz CT molecular complexity index is 1160. The van der Waals surface area contributed by atoms with Gasteiger partial charge >= 0.3 is 17.9 Å². The predicted octanol–water partition coefficient (Wildman–Crippen LogP) is 20.4. The van der Waals surface area contributed by atoms with E-state index >= 15 is 0 Å². The number of ether oxygens (including phenoxy) is 3. The highest BCUT2D eigenvalue weighted by Crippen LogP contribution is 2.16. The third kappa shape index (κ3) is 56.4. The highest BCUT2D eigenvalue weighted by atomic mass is 16.6. The lowest BCUT2D eigenvalue weighted by Crippen LogP contribution is -2.30. The summed E-state index contributed by atoms with van der Waals surface area (Å²) in [5.74, 6) is -0.878. The zero-order valence-electron chi connectivity index (χ0n) is 46.3. The van der Waals surface area contributed by atoms with E-state index in [-0.39, 0.29) is 31.1 Å². The Kier molecular flexibility index (Phi) is 56.2. The third-order valence-electron chi connectivity index (χ3n) is 13.6. The van der Waals surface area contributed by atoms with Crippen molar-refractivity contribution in [1.29, 1.82) is 0 Å². The van der Waals surface area contributed by atoms with Gasteiger partial charge in [0.2, 0.25) is 0 Å². The molecule has 6 heteroatoms. The Morgan fingerprint density at radius 1 is 0.275 bits per heavy atom. The van der Waals surface area contributed by atoms with E-state index in [1.807, 2.05) is 0 Å². The molecule has 0 aromatic rings. The quantitative estimate of drug-likeness (QED) is 0.0261. The molecular formula is C63H116O6. The van der Waals surface area contributed by atoms with Crippen LogP contribution in [0.1, 0.15) is 329 Å². The molecular weight excluding hydrogens is 853 g/mol. The number of carbonyl (C=O) groups excluding carboxylic acids is 3. The predicted molar refractivity (Wildman–Crippen MR) is 298 cm³/mol. The summed E-state index contributed by atoms with van der Waals surface area (Å²) in [5.41, 5.74) is 0. The number of rotatable bonds is 56. The van der Waals surface area contributed by atoms with Crippen LogP contribution in [0.5, 0.6) is 0 Å². The van der Waals surface area contributed by atoms with Gasteiger partial charge in [-0.2, -0.15) is 0 Å². The summed E-state index contributed by atoms with van der Waals surface area (Å²) in [4.78, 5) is 38.2. The average Bonchev–Trinajstić information content (AvgIpc) is 3.35. The normalized spacial score (nSPS) is 12.2. The first-order chi connectivity index (χ1) is 34.0. The molecule has 0 N–H and O–H groups in total. The second-order valence-corrected chi connectivity index (χ2v) is 20.6. The van der Waals surface area contributed by atoms with Crippen LogP contribution in [0, 0.1) is 0 Å². The van der Waals surface area contributed by atoms with E-state index < -0.39 is 6.10 Å². The molecule has 0 heterocycles. The summed E-state index contributed by atoms with van der Waals surface area (Å²) >= 11 is 0. The van der Waals surface area contributed by atoms with Crippen LogP contribution in [0.25, 0.3) is 0 Å². The number of hydrogen-bond donors (Lipinski definition) is 0. The van der Waals surface area contributed by atoms with Crippen molar-refractivity contribution >= 4 is 17.9 Å². The van der Waals surface area contributed by atoms with Gasteiger partial charge in [0.25, 0.3) is 0 Å². The zero-order valence-corrected chi connectivity index (χ0v) is 46.3. The molecule has 0 fully saturated rings. The van der Waals surface area contributed by atoms with Crippen LogP contribution in [0.4, 0.5) is 0 Å². The maximum absolute atomic E-state index is 12.9. The summed E-state index contributed by atoms with van der Waals surface area (Å²) in [6, 6.07) is 0. The molecule has 404 valence electrons. The van der Waals surface area contributed by atoms with E-state index in [1.165, 1.54) is 218 Å². The van der Waals surface area contributed by atoms with Gasteiger partial charge in [-0.3, -0.25) is 14.4 Å². The molecule has 0 rings (SSSR count). The van der Waals surface area contributed by atoms with Crippen LogP contribution in [0.15, 0.2) is 36.5 Å². The molecule has 0 spiro atoms. The number of hydrogen-bond acceptors (Lipinski definition) is 6. The lowest BCUT2D eigenvalue weighted by molar-refractivity contribution is -0.167.